The van der Waals surface area contributed by atoms with Crippen molar-refractivity contribution in [2.45, 2.75) is 31.6 Å². The molecule has 0 saturated heterocycles. The van der Waals surface area contributed by atoms with E-state index in [9.17, 15) is 17.6 Å². The SMILES string of the molecule is Cc1ccc(C)c2sc(NC(=O)CCCS(=O)(=O)c3ccc(F)cc3)nc12. The van der Waals surface area contributed by atoms with Gasteiger partial charge in [0.15, 0.2) is 15.0 Å². The molecule has 142 valence electrons. The molecule has 1 amide bonds. The van der Waals surface area contributed by atoms with Crippen molar-refractivity contribution in [1.29, 1.82) is 0 Å². The van der Waals surface area contributed by atoms with Crippen molar-refractivity contribution < 1.29 is 17.6 Å². The number of nitrogens with zero attached hydrogens (tertiary/aromatic N) is 1. The highest BCUT2D eigenvalue weighted by Crippen LogP contribution is 2.30. The number of nitrogens with one attached hydrogen (secondary N) is 1. The quantitative estimate of drug-likeness (QED) is 0.621. The highest BCUT2D eigenvalue weighted by atomic mass is 32.2. The molecular weight excluding hydrogens is 387 g/mol. The van der Waals surface area contributed by atoms with E-state index >= 15 is 0 Å². The number of fused-ring (bicyclic) bond motifs is 1. The number of hydrogen-bond acceptors (Lipinski definition) is 5. The molecule has 8 heteroatoms. The molecule has 0 atom stereocenters. The molecule has 0 unspecified atom stereocenters. The third-order valence-electron chi connectivity index (χ3n) is 4.18. The Morgan fingerprint density at radius 1 is 1.11 bits per heavy atom. The molecule has 3 aromatic rings. The lowest BCUT2D eigenvalue weighted by Crippen LogP contribution is -2.14. The molecule has 0 spiro atoms. The van der Waals surface area contributed by atoms with Gasteiger partial charge < -0.3 is 5.32 Å². The molecule has 1 N–H and O–H groups in total. The Labute approximate surface area is 161 Å². The predicted molar refractivity (Wildman–Crippen MR) is 105 cm³/mol. The van der Waals surface area contributed by atoms with Crippen molar-refractivity contribution in [3.8, 4) is 0 Å². The average Bonchev–Trinajstić information content (AvgIpc) is 3.03. The van der Waals surface area contributed by atoms with Crippen LogP contribution in [0.15, 0.2) is 41.3 Å². The summed E-state index contributed by atoms with van der Waals surface area (Å²) in [6, 6.07) is 8.69. The summed E-state index contributed by atoms with van der Waals surface area (Å²) in [6.45, 7) is 3.96. The second-order valence-electron chi connectivity index (χ2n) is 6.32. The van der Waals surface area contributed by atoms with E-state index in [0.29, 0.717) is 5.13 Å². The number of amides is 1. The molecule has 2 aromatic carbocycles. The summed E-state index contributed by atoms with van der Waals surface area (Å²) >= 11 is 1.41. The Morgan fingerprint density at radius 2 is 1.78 bits per heavy atom. The number of aromatic nitrogens is 1. The summed E-state index contributed by atoms with van der Waals surface area (Å²) in [7, 11) is -3.54. The van der Waals surface area contributed by atoms with E-state index in [4.69, 9.17) is 0 Å². The third kappa shape index (κ3) is 4.51. The van der Waals surface area contributed by atoms with Gasteiger partial charge in [0.1, 0.15) is 5.82 Å². The molecule has 1 aromatic heterocycles. The monoisotopic (exact) mass is 406 g/mol. The summed E-state index contributed by atoms with van der Waals surface area (Å²) < 4.78 is 38.4. The zero-order valence-electron chi connectivity index (χ0n) is 15.0. The van der Waals surface area contributed by atoms with E-state index in [0.717, 1.165) is 33.5 Å². The predicted octanol–water partition coefficient (Wildman–Crippen LogP) is 4.24. The van der Waals surface area contributed by atoms with Gasteiger partial charge >= 0.3 is 0 Å². The molecular formula is C19H19FN2O3S2. The first-order valence-corrected chi connectivity index (χ1v) is 10.9. The topological polar surface area (TPSA) is 76.1 Å². The highest BCUT2D eigenvalue weighted by Gasteiger charge is 2.16. The number of carbonyl (C=O) groups is 1. The molecule has 1 heterocycles. The zero-order valence-corrected chi connectivity index (χ0v) is 16.6. The fourth-order valence-corrected chi connectivity index (χ4v) is 5.02. The van der Waals surface area contributed by atoms with Crippen molar-refractivity contribution >= 4 is 42.4 Å². The van der Waals surface area contributed by atoms with Gasteiger partial charge in [0.05, 0.1) is 20.9 Å². The number of rotatable bonds is 6. The lowest BCUT2D eigenvalue weighted by atomic mass is 10.1. The molecule has 0 radical (unpaired) electrons. The Hall–Kier alpha value is -2.32. The van der Waals surface area contributed by atoms with Gasteiger partial charge in [-0.3, -0.25) is 4.79 Å². The molecule has 0 bridgehead atoms. The first kappa shape index (κ1) is 19.4. The Morgan fingerprint density at radius 3 is 2.44 bits per heavy atom. The maximum absolute atomic E-state index is 12.9. The number of aryl methyl sites for hydroxylation is 2. The number of sulfone groups is 1. The van der Waals surface area contributed by atoms with Crippen LogP contribution in [-0.4, -0.2) is 25.1 Å². The fourth-order valence-electron chi connectivity index (χ4n) is 2.68. The van der Waals surface area contributed by atoms with Crippen molar-refractivity contribution in [3.05, 3.63) is 53.3 Å². The van der Waals surface area contributed by atoms with Gasteiger partial charge in [0, 0.05) is 6.42 Å². The molecule has 0 aliphatic rings. The van der Waals surface area contributed by atoms with E-state index < -0.39 is 15.7 Å². The minimum Gasteiger partial charge on any atom is -0.302 e. The van der Waals surface area contributed by atoms with Crippen LogP contribution in [-0.2, 0) is 14.6 Å². The number of anilines is 1. The summed E-state index contributed by atoms with van der Waals surface area (Å²) in [5, 5.41) is 3.25. The van der Waals surface area contributed by atoms with E-state index in [2.05, 4.69) is 10.3 Å². The summed E-state index contributed by atoms with van der Waals surface area (Å²) in [4.78, 5) is 16.7. The fraction of sp³-hybridized carbons (Fsp3) is 0.263. The minimum absolute atomic E-state index is 0.0569. The van der Waals surface area contributed by atoms with Crippen molar-refractivity contribution in [2.75, 3.05) is 11.1 Å². The summed E-state index contributed by atoms with van der Waals surface area (Å²) in [6.07, 6.45) is 0.239. The summed E-state index contributed by atoms with van der Waals surface area (Å²) in [5.41, 5.74) is 3.01. The van der Waals surface area contributed by atoms with E-state index in [1.54, 1.807) is 0 Å². The van der Waals surface area contributed by atoms with E-state index in [1.807, 2.05) is 26.0 Å². The van der Waals surface area contributed by atoms with Gasteiger partial charge in [-0.25, -0.2) is 17.8 Å². The van der Waals surface area contributed by atoms with Crippen LogP contribution in [0.3, 0.4) is 0 Å². The maximum atomic E-state index is 12.9. The second-order valence-corrected chi connectivity index (χ2v) is 9.43. The minimum atomic E-state index is -3.54. The van der Waals surface area contributed by atoms with Gasteiger partial charge in [-0.05, 0) is 55.7 Å². The number of halogens is 1. The number of thiazole rings is 1. The highest BCUT2D eigenvalue weighted by molar-refractivity contribution is 7.91. The van der Waals surface area contributed by atoms with Crippen LogP contribution >= 0.6 is 11.3 Å². The molecule has 0 fully saturated rings. The van der Waals surface area contributed by atoms with Gasteiger partial charge in [0.2, 0.25) is 5.91 Å². The number of hydrogen-bond donors (Lipinski definition) is 1. The third-order valence-corrected chi connectivity index (χ3v) is 7.10. The first-order chi connectivity index (χ1) is 12.8. The van der Waals surface area contributed by atoms with Crippen LogP contribution in [0, 0.1) is 19.7 Å². The maximum Gasteiger partial charge on any atom is 0.226 e. The van der Waals surface area contributed by atoms with Crippen molar-refractivity contribution in [3.63, 3.8) is 0 Å². The molecule has 27 heavy (non-hydrogen) atoms. The number of carbonyl (C=O) groups excluding carboxylic acids is 1. The number of benzene rings is 2. The molecule has 0 aliphatic carbocycles. The van der Waals surface area contributed by atoms with Gasteiger partial charge in [-0.2, -0.15) is 0 Å². The van der Waals surface area contributed by atoms with Crippen LogP contribution in [0.2, 0.25) is 0 Å². The Kier molecular flexibility index (Phi) is 5.57. The van der Waals surface area contributed by atoms with Gasteiger partial charge in [-0.15, -0.1) is 0 Å². The zero-order chi connectivity index (χ0) is 19.6. The Balaban J connectivity index is 1.59. The van der Waals surface area contributed by atoms with E-state index in [1.165, 1.54) is 23.5 Å². The lowest BCUT2D eigenvalue weighted by Gasteiger charge is -2.04. The molecule has 0 saturated carbocycles. The van der Waals surface area contributed by atoms with Gasteiger partial charge in [0.25, 0.3) is 0 Å². The summed E-state index contributed by atoms with van der Waals surface area (Å²) in [5.74, 6) is -0.947. The first-order valence-electron chi connectivity index (χ1n) is 8.41. The second kappa shape index (κ2) is 7.74. The lowest BCUT2D eigenvalue weighted by molar-refractivity contribution is -0.116. The van der Waals surface area contributed by atoms with Crippen LogP contribution in [0.4, 0.5) is 9.52 Å². The Bertz CT molecular complexity index is 1050. The normalized spacial score (nSPS) is 11.7. The average molecular weight is 407 g/mol. The van der Waals surface area contributed by atoms with Crippen LogP contribution in [0.25, 0.3) is 10.2 Å². The van der Waals surface area contributed by atoms with Crippen molar-refractivity contribution in [1.82, 2.24) is 4.98 Å². The van der Waals surface area contributed by atoms with Crippen LogP contribution in [0.5, 0.6) is 0 Å². The van der Waals surface area contributed by atoms with E-state index in [-0.39, 0.29) is 29.4 Å². The smallest absolute Gasteiger partial charge is 0.226 e. The largest absolute Gasteiger partial charge is 0.302 e. The van der Waals surface area contributed by atoms with Crippen LogP contribution in [0.1, 0.15) is 24.0 Å². The van der Waals surface area contributed by atoms with Gasteiger partial charge in [-0.1, -0.05) is 23.5 Å². The molecule has 3 rings (SSSR count). The molecule has 5 nitrogen and oxygen atoms in total. The van der Waals surface area contributed by atoms with Crippen molar-refractivity contribution in [2.24, 2.45) is 0 Å². The van der Waals surface area contributed by atoms with Crippen LogP contribution < -0.4 is 5.32 Å². The molecule has 0 aliphatic heterocycles. The standard InChI is InChI=1S/C19H19FN2O3S2/c1-12-5-6-13(2)18-17(12)22-19(26-18)21-16(23)4-3-11-27(24,25)15-9-7-14(20)8-10-15/h5-10H,3-4,11H2,1-2H3,(H,21,22,23).